The van der Waals surface area contributed by atoms with Crippen LogP contribution in [0.1, 0.15) is 25.7 Å². The predicted octanol–water partition coefficient (Wildman–Crippen LogP) is 1.15. The lowest BCUT2D eigenvalue weighted by molar-refractivity contribution is 0.269. The first kappa shape index (κ1) is 4.80. The van der Waals surface area contributed by atoms with E-state index in [-0.39, 0.29) is 0 Å². The fourth-order valence-corrected chi connectivity index (χ4v) is 1.94. The standard InChI is InChI=1S/C7H13N/c1-8-6-5-7(6)3-2-4-7/h6,8H,2-5H2,1H3/t6-/m0/s1. The molecule has 0 aliphatic heterocycles. The van der Waals surface area contributed by atoms with E-state index in [1.54, 1.807) is 0 Å². The molecule has 0 radical (unpaired) electrons. The second-order valence-corrected chi connectivity index (χ2v) is 3.26. The molecule has 1 spiro atoms. The van der Waals surface area contributed by atoms with Crippen LogP contribution in [0.2, 0.25) is 0 Å². The van der Waals surface area contributed by atoms with Gasteiger partial charge in [0.1, 0.15) is 0 Å². The summed E-state index contributed by atoms with van der Waals surface area (Å²) in [6.45, 7) is 0. The molecule has 0 saturated heterocycles. The normalized spacial score (nSPS) is 39.4. The van der Waals surface area contributed by atoms with Crippen LogP contribution in [0, 0.1) is 5.41 Å². The van der Waals surface area contributed by atoms with Crippen molar-refractivity contribution in [3.05, 3.63) is 0 Å². The van der Waals surface area contributed by atoms with Crippen molar-refractivity contribution in [3.63, 3.8) is 0 Å². The van der Waals surface area contributed by atoms with Gasteiger partial charge in [0.2, 0.25) is 0 Å². The molecule has 2 aliphatic rings. The molecule has 1 N–H and O–H groups in total. The molecule has 1 heteroatoms. The Kier molecular flexibility index (Phi) is 0.762. The van der Waals surface area contributed by atoms with Crippen LogP contribution in [0.5, 0.6) is 0 Å². The Morgan fingerprint density at radius 3 is 2.38 bits per heavy atom. The second-order valence-electron chi connectivity index (χ2n) is 3.26. The van der Waals surface area contributed by atoms with E-state index in [1.165, 1.54) is 25.7 Å². The van der Waals surface area contributed by atoms with Crippen LogP contribution in [0.3, 0.4) is 0 Å². The molecule has 0 unspecified atom stereocenters. The smallest absolute Gasteiger partial charge is 0.0127 e. The molecular formula is C7H13N. The Morgan fingerprint density at radius 2 is 2.25 bits per heavy atom. The van der Waals surface area contributed by atoms with Crippen LogP contribution in [0.25, 0.3) is 0 Å². The minimum Gasteiger partial charge on any atom is -0.316 e. The summed E-state index contributed by atoms with van der Waals surface area (Å²) in [4.78, 5) is 0. The highest BCUT2D eigenvalue weighted by atomic mass is 15.0. The third-order valence-corrected chi connectivity index (χ3v) is 2.89. The maximum Gasteiger partial charge on any atom is 0.0127 e. The molecule has 1 atom stereocenters. The van der Waals surface area contributed by atoms with Gasteiger partial charge in [0.15, 0.2) is 0 Å². The quantitative estimate of drug-likeness (QED) is 0.535. The Morgan fingerprint density at radius 1 is 1.50 bits per heavy atom. The van der Waals surface area contributed by atoms with Gasteiger partial charge >= 0.3 is 0 Å². The molecule has 0 aromatic carbocycles. The molecule has 2 aliphatic carbocycles. The molecule has 2 saturated carbocycles. The molecule has 1 nitrogen and oxygen atoms in total. The Hall–Kier alpha value is -0.0400. The van der Waals surface area contributed by atoms with E-state index >= 15 is 0 Å². The molecule has 0 heterocycles. The van der Waals surface area contributed by atoms with Gasteiger partial charge in [-0.2, -0.15) is 0 Å². The lowest BCUT2D eigenvalue weighted by Gasteiger charge is -2.26. The van der Waals surface area contributed by atoms with Crippen molar-refractivity contribution < 1.29 is 0 Å². The first-order chi connectivity index (χ1) is 3.87. The Labute approximate surface area is 50.5 Å². The molecule has 2 fully saturated rings. The third kappa shape index (κ3) is 0.408. The second kappa shape index (κ2) is 1.27. The average molecular weight is 111 g/mol. The van der Waals surface area contributed by atoms with Gasteiger partial charge in [-0.1, -0.05) is 6.42 Å². The first-order valence-corrected chi connectivity index (χ1v) is 3.55. The minimum atomic E-state index is 0.828. The summed E-state index contributed by atoms with van der Waals surface area (Å²) in [6.07, 6.45) is 5.94. The van der Waals surface area contributed by atoms with Crippen molar-refractivity contribution >= 4 is 0 Å². The summed E-state index contributed by atoms with van der Waals surface area (Å²) in [7, 11) is 2.08. The first-order valence-electron chi connectivity index (χ1n) is 3.55. The highest BCUT2D eigenvalue weighted by molar-refractivity contribution is 5.11. The van der Waals surface area contributed by atoms with Crippen molar-refractivity contribution in [1.29, 1.82) is 0 Å². The van der Waals surface area contributed by atoms with E-state index in [0.717, 1.165) is 11.5 Å². The summed E-state index contributed by atoms with van der Waals surface area (Å²) in [5.41, 5.74) is 0.828. The van der Waals surface area contributed by atoms with Crippen LogP contribution in [0.4, 0.5) is 0 Å². The zero-order valence-corrected chi connectivity index (χ0v) is 5.41. The SMILES string of the molecule is CN[C@H]1CC12CCC2. The van der Waals surface area contributed by atoms with E-state index in [0.29, 0.717) is 0 Å². The number of nitrogens with one attached hydrogen (secondary N) is 1. The van der Waals surface area contributed by atoms with Gasteiger partial charge in [-0.05, 0) is 31.7 Å². The van der Waals surface area contributed by atoms with Crippen LogP contribution in [-0.4, -0.2) is 13.1 Å². The fourth-order valence-electron chi connectivity index (χ4n) is 1.94. The van der Waals surface area contributed by atoms with Gasteiger partial charge in [-0.25, -0.2) is 0 Å². The molecule has 0 bridgehead atoms. The van der Waals surface area contributed by atoms with E-state index < -0.39 is 0 Å². The van der Waals surface area contributed by atoms with Crippen molar-refractivity contribution in [3.8, 4) is 0 Å². The molecule has 46 valence electrons. The molecule has 2 rings (SSSR count). The number of hydrogen-bond donors (Lipinski definition) is 1. The molecular weight excluding hydrogens is 98.1 g/mol. The lowest BCUT2D eigenvalue weighted by Crippen LogP contribution is -2.24. The van der Waals surface area contributed by atoms with Gasteiger partial charge in [0, 0.05) is 6.04 Å². The highest BCUT2D eigenvalue weighted by Crippen LogP contribution is 2.60. The van der Waals surface area contributed by atoms with E-state index in [9.17, 15) is 0 Å². The van der Waals surface area contributed by atoms with Gasteiger partial charge in [0.25, 0.3) is 0 Å². The fraction of sp³-hybridized carbons (Fsp3) is 1.00. The average Bonchev–Trinajstić information content (AvgIpc) is 2.36. The van der Waals surface area contributed by atoms with Gasteiger partial charge in [-0.15, -0.1) is 0 Å². The van der Waals surface area contributed by atoms with Crippen molar-refractivity contribution in [1.82, 2.24) is 5.32 Å². The molecule has 0 amide bonds. The third-order valence-electron chi connectivity index (χ3n) is 2.89. The summed E-state index contributed by atoms with van der Waals surface area (Å²) >= 11 is 0. The predicted molar refractivity (Wildman–Crippen MR) is 33.7 cm³/mol. The zero-order valence-electron chi connectivity index (χ0n) is 5.41. The van der Waals surface area contributed by atoms with E-state index in [1.807, 2.05) is 0 Å². The molecule has 0 aromatic rings. The lowest BCUT2D eigenvalue weighted by atomic mass is 9.81. The van der Waals surface area contributed by atoms with E-state index in [2.05, 4.69) is 12.4 Å². The summed E-state index contributed by atoms with van der Waals surface area (Å²) in [5.74, 6) is 0. The Bertz CT molecular complexity index is 105. The van der Waals surface area contributed by atoms with Crippen LogP contribution < -0.4 is 5.32 Å². The van der Waals surface area contributed by atoms with Crippen LogP contribution in [0.15, 0.2) is 0 Å². The minimum absolute atomic E-state index is 0.828. The molecule has 0 aromatic heterocycles. The Balaban J connectivity index is 1.93. The zero-order chi connectivity index (χ0) is 5.61. The van der Waals surface area contributed by atoms with Gasteiger partial charge in [-0.3, -0.25) is 0 Å². The van der Waals surface area contributed by atoms with Crippen molar-refractivity contribution in [2.75, 3.05) is 7.05 Å². The van der Waals surface area contributed by atoms with Crippen molar-refractivity contribution in [2.24, 2.45) is 5.41 Å². The van der Waals surface area contributed by atoms with Gasteiger partial charge < -0.3 is 5.32 Å². The summed E-state index contributed by atoms with van der Waals surface area (Å²) in [5, 5.41) is 3.33. The van der Waals surface area contributed by atoms with Crippen molar-refractivity contribution in [2.45, 2.75) is 31.7 Å². The number of hydrogen-bond acceptors (Lipinski definition) is 1. The summed E-state index contributed by atoms with van der Waals surface area (Å²) in [6, 6.07) is 0.899. The molecule has 8 heavy (non-hydrogen) atoms. The maximum absolute atomic E-state index is 3.33. The van der Waals surface area contributed by atoms with Gasteiger partial charge in [0.05, 0.1) is 0 Å². The van der Waals surface area contributed by atoms with Crippen LogP contribution in [-0.2, 0) is 0 Å². The van der Waals surface area contributed by atoms with Crippen LogP contribution >= 0.6 is 0 Å². The highest BCUT2D eigenvalue weighted by Gasteiger charge is 2.56. The number of rotatable bonds is 1. The summed E-state index contributed by atoms with van der Waals surface area (Å²) < 4.78 is 0. The largest absolute Gasteiger partial charge is 0.316 e. The monoisotopic (exact) mass is 111 g/mol. The topological polar surface area (TPSA) is 12.0 Å². The van der Waals surface area contributed by atoms with E-state index in [4.69, 9.17) is 0 Å². The maximum atomic E-state index is 3.33.